The van der Waals surface area contributed by atoms with E-state index < -0.39 is 10.0 Å². The fourth-order valence-electron chi connectivity index (χ4n) is 2.22. The highest BCUT2D eigenvalue weighted by Gasteiger charge is 2.23. The van der Waals surface area contributed by atoms with Gasteiger partial charge in [0.1, 0.15) is 4.21 Å². The molecule has 0 aromatic carbocycles. The van der Waals surface area contributed by atoms with E-state index in [1.165, 1.54) is 15.6 Å². The van der Waals surface area contributed by atoms with Crippen molar-refractivity contribution < 1.29 is 8.42 Å². The maximum atomic E-state index is 12.5. The van der Waals surface area contributed by atoms with Crippen LogP contribution in [-0.4, -0.2) is 62.9 Å². The largest absolute Gasteiger partial charge is 0.356 e. The lowest BCUT2D eigenvalue weighted by molar-refractivity contribution is 0.447. The Kier molecular flexibility index (Phi) is 9.43. The van der Waals surface area contributed by atoms with Crippen LogP contribution < -0.4 is 10.6 Å². The molecule has 0 spiro atoms. The Balaban J connectivity index is 2.58. The molecule has 1 heterocycles. The normalized spacial score (nSPS) is 13.3. The molecule has 1 aromatic rings. The van der Waals surface area contributed by atoms with Gasteiger partial charge in [-0.15, -0.1) is 11.3 Å². The number of aliphatic imine (C=N–C) groups is 1. The van der Waals surface area contributed by atoms with Crippen LogP contribution in [0.15, 0.2) is 21.3 Å². The summed E-state index contributed by atoms with van der Waals surface area (Å²) in [6, 6.07) is 3.61. The van der Waals surface area contributed by atoms with Gasteiger partial charge in [0.15, 0.2) is 5.96 Å². The van der Waals surface area contributed by atoms with Gasteiger partial charge in [-0.3, -0.25) is 4.99 Å². The first kappa shape index (κ1) is 23.3. The average Bonchev–Trinajstić information content (AvgIpc) is 3.08. The second-order valence-corrected chi connectivity index (χ2v) is 11.2. The van der Waals surface area contributed by atoms with Crippen LogP contribution in [0.5, 0.6) is 0 Å². The molecule has 0 aliphatic rings. The molecule has 0 bridgehead atoms. The third-order valence-corrected chi connectivity index (χ3v) is 8.97. The summed E-state index contributed by atoms with van der Waals surface area (Å²) in [5.74, 6) is 0.764. The van der Waals surface area contributed by atoms with Gasteiger partial charge in [-0.05, 0) is 38.7 Å². The number of guanidine groups is 1. The number of thioether (sulfide) groups is 1. The second kappa shape index (κ2) is 10.5. The summed E-state index contributed by atoms with van der Waals surface area (Å²) >= 11 is 3.15. The topological polar surface area (TPSA) is 73.8 Å². The molecule has 0 saturated carbocycles. The van der Waals surface area contributed by atoms with Crippen molar-refractivity contribution in [2.75, 3.05) is 39.5 Å². The van der Waals surface area contributed by atoms with Gasteiger partial charge in [-0.1, -0.05) is 13.8 Å². The van der Waals surface area contributed by atoms with Gasteiger partial charge in [0.2, 0.25) is 0 Å². The Labute approximate surface area is 166 Å². The molecule has 150 valence electrons. The summed E-state index contributed by atoms with van der Waals surface area (Å²) in [6.07, 6.45) is 2.85. The fraction of sp³-hybridized carbons (Fsp3) is 0.706. The molecule has 0 fully saturated rings. The number of hydrogen-bond donors (Lipinski definition) is 2. The molecule has 0 atom stereocenters. The first-order valence-corrected chi connectivity index (χ1v) is 12.3. The highest BCUT2D eigenvalue weighted by molar-refractivity contribution is 7.99. The van der Waals surface area contributed by atoms with Gasteiger partial charge < -0.3 is 10.6 Å². The second-order valence-electron chi connectivity index (χ2n) is 6.38. The van der Waals surface area contributed by atoms with Crippen molar-refractivity contribution in [1.29, 1.82) is 0 Å². The Morgan fingerprint density at radius 2 is 1.92 bits per heavy atom. The Bertz CT molecular complexity index is 680. The maximum Gasteiger partial charge on any atom is 0.252 e. The predicted octanol–water partition coefficient (Wildman–Crippen LogP) is 2.63. The third-order valence-electron chi connectivity index (χ3n) is 4.06. The first-order chi connectivity index (χ1) is 12.2. The monoisotopic (exact) mass is 420 g/mol. The molecule has 0 saturated heterocycles. The number of thiophene rings is 1. The summed E-state index contributed by atoms with van der Waals surface area (Å²) in [5.41, 5.74) is 0. The van der Waals surface area contributed by atoms with Crippen LogP contribution in [-0.2, 0) is 16.4 Å². The van der Waals surface area contributed by atoms with Gasteiger partial charge in [0.05, 0.1) is 0 Å². The van der Waals surface area contributed by atoms with Crippen molar-refractivity contribution >= 4 is 39.1 Å². The summed E-state index contributed by atoms with van der Waals surface area (Å²) in [7, 11) is -1.61. The Hall–Kier alpha value is -0.770. The van der Waals surface area contributed by atoms with E-state index in [0.717, 1.165) is 23.8 Å². The van der Waals surface area contributed by atoms with E-state index in [0.29, 0.717) is 23.8 Å². The number of sulfonamides is 1. The highest BCUT2D eigenvalue weighted by atomic mass is 32.2. The van der Waals surface area contributed by atoms with Crippen molar-refractivity contribution in [3.8, 4) is 0 Å². The van der Waals surface area contributed by atoms with Crippen LogP contribution in [0, 0.1) is 0 Å². The third kappa shape index (κ3) is 6.75. The van der Waals surface area contributed by atoms with Crippen LogP contribution in [0.25, 0.3) is 0 Å². The van der Waals surface area contributed by atoms with E-state index in [-0.39, 0.29) is 4.75 Å². The lowest BCUT2D eigenvalue weighted by Gasteiger charge is -2.23. The molecule has 0 amide bonds. The van der Waals surface area contributed by atoms with Crippen molar-refractivity contribution in [1.82, 2.24) is 14.9 Å². The highest BCUT2D eigenvalue weighted by Crippen LogP contribution is 2.25. The summed E-state index contributed by atoms with van der Waals surface area (Å²) < 4.78 is 27.1. The molecule has 9 heteroatoms. The van der Waals surface area contributed by atoms with E-state index in [4.69, 9.17) is 0 Å². The quantitative estimate of drug-likeness (QED) is 0.450. The van der Waals surface area contributed by atoms with Gasteiger partial charge in [-0.2, -0.15) is 16.1 Å². The minimum absolute atomic E-state index is 0.138. The van der Waals surface area contributed by atoms with E-state index in [1.807, 2.05) is 19.9 Å². The summed E-state index contributed by atoms with van der Waals surface area (Å²) in [5, 5.41) is 6.61. The zero-order valence-electron chi connectivity index (χ0n) is 16.6. The number of nitrogens with one attached hydrogen (secondary N) is 2. The predicted molar refractivity (Wildman–Crippen MR) is 115 cm³/mol. The number of rotatable bonds is 10. The molecule has 2 N–H and O–H groups in total. The van der Waals surface area contributed by atoms with Crippen molar-refractivity contribution in [3.63, 3.8) is 0 Å². The molecule has 0 unspecified atom stereocenters. The lowest BCUT2D eigenvalue weighted by Crippen LogP contribution is -2.43. The smallest absolute Gasteiger partial charge is 0.252 e. The van der Waals surface area contributed by atoms with Gasteiger partial charge in [0.25, 0.3) is 10.0 Å². The SMILES string of the molecule is CCN(CC)S(=O)(=O)c1ccc(CCNC(=NC)NCC(C)(C)SC)s1. The minimum Gasteiger partial charge on any atom is -0.356 e. The maximum absolute atomic E-state index is 12.5. The van der Waals surface area contributed by atoms with E-state index >= 15 is 0 Å². The average molecular weight is 421 g/mol. The van der Waals surface area contributed by atoms with E-state index in [2.05, 4.69) is 35.7 Å². The Morgan fingerprint density at radius 1 is 1.27 bits per heavy atom. The Morgan fingerprint density at radius 3 is 2.46 bits per heavy atom. The van der Waals surface area contributed by atoms with Crippen molar-refractivity contribution in [3.05, 3.63) is 17.0 Å². The number of hydrogen-bond acceptors (Lipinski definition) is 5. The van der Waals surface area contributed by atoms with Gasteiger partial charge in [-0.25, -0.2) is 8.42 Å². The van der Waals surface area contributed by atoms with Gasteiger partial charge in [0, 0.05) is 42.9 Å². The van der Waals surface area contributed by atoms with Crippen molar-refractivity contribution in [2.24, 2.45) is 4.99 Å². The summed E-state index contributed by atoms with van der Waals surface area (Å²) in [6.45, 7) is 10.6. The zero-order valence-corrected chi connectivity index (χ0v) is 19.1. The zero-order chi connectivity index (χ0) is 19.8. The molecule has 0 aliphatic heterocycles. The molecular weight excluding hydrogens is 388 g/mol. The van der Waals surface area contributed by atoms with Crippen LogP contribution in [0.1, 0.15) is 32.6 Å². The van der Waals surface area contributed by atoms with Crippen LogP contribution in [0.4, 0.5) is 0 Å². The van der Waals surface area contributed by atoms with Crippen LogP contribution in [0.3, 0.4) is 0 Å². The summed E-state index contributed by atoms with van der Waals surface area (Å²) in [4.78, 5) is 5.28. The standard InChI is InChI=1S/C17H32N4O2S3/c1-7-21(8-2)26(22,23)15-10-9-14(25-15)11-12-19-16(18-5)20-13-17(3,4)24-6/h9-10H,7-8,11-13H2,1-6H3,(H2,18,19,20). The molecule has 6 nitrogen and oxygen atoms in total. The number of nitrogens with zero attached hydrogens (tertiary/aromatic N) is 2. The fourth-order valence-corrected chi connectivity index (χ4v) is 5.40. The minimum atomic E-state index is -3.36. The molecule has 1 rings (SSSR count). The molecule has 0 radical (unpaired) electrons. The van der Waals surface area contributed by atoms with Crippen molar-refractivity contribution in [2.45, 2.75) is 43.1 Å². The van der Waals surface area contributed by atoms with Crippen LogP contribution >= 0.6 is 23.1 Å². The van der Waals surface area contributed by atoms with Crippen LogP contribution in [0.2, 0.25) is 0 Å². The molecule has 1 aromatic heterocycles. The van der Waals surface area contributed by atoms with Gasteiger partial charge >= 0.3 is 0 Å². The molecular formula is C17H32N4O2S3. The first-order valence-electron chi connectivity index (χ1n) is 8.78. The van der Waals surface area contributed by atoms with E-state index in [1.54, 1.807) is 24.9 Å². The molecule has 0 aliphatic carbocycles. The van der Waals surface area contributed by atoms with E-state index in [9.17, 15) is 8.42 Å². The lowest BCUT2D eigenvalue weighted by atomic mass is 10.2. The molecule has 26 heavy (non-hydrogen) atoms.